The molecule has 1 heterocycles. The van der Waals surface area contributed by atoms with E-state index in [1.54, 1.807) is 14.2 Å². The predicted molar refractivity (Wildman–Crippen MR) is 107 cm³/mol. The van der Waals surface area contributed by atoms with E-state index in [1.165, 1.54) is 0 Å². The molecular formula is C20H31ClN2O4. The fourth-order valence-corrected chi connectivity index (χ4v) is 4.00. The molecule has 1 amide bonds. The Balaban J connectivity index is 0.00000261. The van der Waals surface area contributed by atoms with Crippen LogP contribution in [0.15, 0.2) is 24.3 Å². The molecule has 2 aliphatic rings. The van der Waals surface area contributed by atoms with Gasteiger partial charge in [-0.3, -0.25) is 4.79 Å². The fourth-order valence-electron chi connectivity index (χ4n) is 4.00. The predicted octanol–water partition coefficient (Wildman–Crippen LogP) is 2.63. The fraction of sp³-hybridized carbons (Fsp3) is 0.650. The van der Waals surface area contributed by atoms with Gasteiger partial charge >= 0.3 is 0 Å². The van der Waals surface area contributed by atoms with Crippen molar-refractivity contribution in [1.82, 2.24) is 4.90 Å². The lowest BCUT2D eigenvalue weighted by Gasteiger charge is -2.38. The smallest absolute Gasteiger partial charge is 0.225 e. The number of likely N-dealkylation sites (tertiary alicyclic amines) is 1. The summed E-state index contributed by atoms with van der Waals surface area (Å²) in [5.41, 5.74) is 6.07. The first-order valence-electron chi connectivity index (χ1n) is 9.49. The molecule has 1 saturated heterocycles. The Morgan fingerprint density at radius 2 is 1.74 bits per heavy atom. The summed E-state index contributed by atoms with van der Waals surface area (Å²) in [6.07, 6.45) is 4.22. The number of para-hydroxylation sites is 2. The molecule has 27 heavy (non-hydrogen) atoms. The van der Waals surface area contributed by atoms with Gasteiger partial charge < -0.3 is 24.8 Å². The zero-order valence-corrected chi connectivity index (χ0v) is 17.0. The first-order chi connectivity index (χ1) is 12.6. The first-order valence-corrected chi connectivity index (χ1v) is 9.49. The molecule has 152 valence electrons. The van der Waals surface area contributed by atoms with Crippen molar-refractivity contribution in [3.63, 3.8) is 0 Å². The van der Waals surface area contributed by atoms with Crippen LogP contribution in [0, 0.1) is 5.92 Å². The molecule has 1 aromatic carbocycles. The molecule has 7 heteroatoms. The minimum Gasteiger partial charge on any atom is -0.493 e. The van der Waals surface area contributed by atoms with Crippen LogP contribution in [0.4, 0.5) is 0 Å². The van der Waals surface area contributed by atoms with Gasteiger partial charge in [0.1, 0.15) is 6.10 Å². The summed E-state index contributed by atoms with van der Waals surface area (Å²) in [5.74, 6) is 1.79. The first kappa shape index (κ1) is 21.8. The molecule has 0 spiro atoms. The Hall–Kier alpha value is -1.50. The Morgan fingerprint density at radius 3 is 2.37 bits per heavy atom. The molecule has 0 radical (unpaired) electrons. The average Bonchev–Trinajstić information content (AvgIpc) is 2.69. The minimum atomic E-state index is -0.0101. The standard InChI is InChI=1S/C20H30N2O4.ClH/c1-24-17-5-3-4-6-18(17)26-15-9-11-22(12-10-15)20(23)14-7-8-16(21)19(13-14)25-2;/h3-6,14-16,19H,7-13,21H2,1-2H3;1H/t14-,16-,19-;/m0./s1. The van der Waals surface area contributed by atoms with Gasteiger partial charge in [0.25, 0.3) is 0 Å². The third-order valence-corrected chi connectivity index (χ3v) is 5.61. The van der Waals surface area contributed by atoms with Gasteiger partial charge in [0.05, 0.1) is 13.2 Å². The summed E-state index contributed by atoms with van der Waals surface area (Å²) in [4.78, 5) is 14.8. The number of nitrogens with two attached hydrogens (primary N) is 1. The highest BCUT2D eigenvalue weighted by Gasteiger charge is 2.35. The van der Waals surface area contributed by atoms with Gasteiger partial charge in [-0.2, -0.15) is 0 Å². The molecule has 1 aliphatic heterocycles. The van der Waals surface area contributed by atoms with Crippen LogP contribution >= 0.6 is 12.4 Å². The van der Waals surface area contributed by atoms with Crippen molar-refractivity contribution in [2.24, 2.45) is 11.7 Å². The van der Waals surface area contributed by atoms with E-state index in [1.807, 2.05) is 29.2 Å². The van der Waals surface area contributed by atoms with Gasteiger partial charge in [-0.1, -0.05) is 12.1 Å². The van der Waals surface area contributed by atoms with Gasteiger partial charge in [-0.05, 0) is 31.4 Å². The average molecular weight is 399 g/mol. The van der Waals surface area contributed by atoms with Crippen LogP contribution in [0.1, 0.15) is 32.1 Å². The van der Waals surface area contributed by atoms with Gasteiger partial charge in [-0.25, -0.2) is 0 Å². The highest BCUT2D eigenvalue weighted by atomic mass is 35.5. The largest absolute Gasteiger partial charge is 0.493 e. The van der Waals surface area contributed by atoms with E-state index in [4.69, 9.17) is 19.9 Å². The number of piperidine rings is 1. The number of carbonyl (C=O) groups is 1. The molecule has 6 nitrogen and oxygen atoms in total. The normalized spacial score (nSPS) is 26.2. The number of rotatable bonds is 5. The van der Waals surface area contributed by atoms with E-state index in [0.717, 1.165) is 56.7 Å². The van der Waals surface area contributed by atoms with Crippen molar-refractivity contribution in [3.8, 4) is 11.5 Å². The number of methoxy groups -OCH3 is 2. The number of hydrogen-bond acceptors (Lipinski definition) is 5. The lowest BCUT2D eigenvalue weighted by Crippen LogP contribution is -2.49. The third kappa shape index (κ3) is 5.27. The van der Waals surface area contributed by atoms with Crippen molar-refractivity contribution in [2.75, 3.05) is 27.3 Å². The van der Waals surface area contributed by atoms with E-state index < -0.39 is 0 Å². The zero-order valence-electron chi connectivity index (χ0n) is 16.1. The summed E-state index contributed by atoms with van der Waals surface area (Å²) in [7, 11) is 3.32. The quantitative estimate of drug-likeness (QED) is 0.825. The number of ether oxygens (including phenoxy) is 3. The van der Waals surface area contributed by atoms with Crippen LogP contribution in [0.25, 0.3) is 0 Å². The molecule has 2 fully saturated rings. The topological polar surface area (TPSA) is 74.0 Å². The van der Waals surface area contributed by atoms with Crippen molar-refractivity contribution in [2.45, 2.75) is 50.4 Å². The number of hydrogen-bond donors (Lipinski definition) is 1. The second-order valence-electron chi connectivity index (χ2n) is 7.24. The minimum absolute atomic E-state index is 0. The van der Waals surface area contributed by atoms with Crippen LogP contribution in [-0.2, 0) is 9.53 Å². The summed E-state index contributed by atoms with van der Waals surface area (Å²) in [6.45, 7) is 1.47. The van der Waals surface area contributed by atoms with Crippen LogP contribution < -0.4 is 15.2 Å². The molecule has 0 aromatic heterocycles. The Bertz CT molecular complexity index is 607. The number of amides is 1. The molecule has 0 unspecified atom stereocenters. The number of nitrogens with zero attached hydrogens (tertiary/aromatic N) is 1. The lowest BCUT2D eigenvalue weighted by molar-refractivity contribution is -0.140. The monoisotopic (exact) mass is 398 g/mol. The maximum absolute atomic E-state index is 12.9. The van der Waals surface area contributed by atoms with E-state index in [9.17, 15) is 4.79 Å². The number of carbonyl (C=O) groups excluding carboxylic acids is 1. The second kappa shape index (κ2) is 10.2. The molecule has 3 atom stereocenters. The Labute approximate surface area is 167 Å². The highest BCUT2D eigenvalue weighted by Crippen LogP contribution is 2.31. The third-order valence-electron chi connectivity index (χ3n) is 5.61. The van der Waals surface area contributed by atoms with Crippen molar-refractivity contribution in [3.05, 3.63) is 24.3 Å². The van der Waals surface area contributed by atoms with Gasteiger partial charge in [0, 0.05) is 45.0 Å². The maximum atomic E-state index is 12.9. The molecule has 1 aliphatic carbocycles. The Kier molecular flexibility index (Phi) is 8.20. The maximum Gasteiger partial charge on any atom is 0.225 e. The van der Waals surface area contributed by atoms with E-state index >= 15 is 0 Å². The van der Waals surface area contributed by atoms with Crippen LogP contribution in [0.5, 0.6) is 11.5 Å². The lowest BCUT2D eigenvalue weighted by atomic mass is 9.83. The molecule has 3 rings (SSSR count). The zero-order chi connectivity index (χ0) is 18.5. The van der Waals surface area contributed by atoms with Crippen molar-refractivity contribution in [1.29, 1.82) is 0 Å². The molecule has 1 saturated carbocycles. The summed E-state index contributed by atoms with van der Waals surface area (Å²) in [5, 5.41) is 0. The molecule has 1 aromatic rings. The Morgan fingerprint density at radius 1 is 1.07 bits per heavy atom. The van der Waals surface area contributed by atoms with Gasteiger partial charge in [-0.15, -0.1) is 12.4 Å². The van der Waals surface area contributed by atoms with Crippen LogP contribution in [0.2, 0.25) is 0 Å². The van der Waals surface area contributed by atoms with E-state index in [-0.39, 0.29) is 42.5 Å². The molecule has 0 bridgehead atoms. The van der Waals surface area contributed by atoms with Crippen LogP contribution in [0.3, 0.4) is 0 Å². The summed E-state index contributed by atoms with van der Waals surface area (Å²) < 4.78 is 16.9. The highest BCUT2D eigenvalue weighted by molar-refractivity contribution is 5.85. The summed E-state index contributed by atoms with van der Waals surface area (Å²) >= 11 is 0. The van der Waals surface area contributed by atoms with Crippen LogP contribution in [-0.4, -0.2) is 56.4 Å². The number of benzene rings is 1. The molecular weight excluding hydrogens is 368 g/mol. The van der Waals surface area contributed by atoms with Gasteiger partial charge in [0.2, 0.25) is 5.91 Å². The molecule has 2 N–H and O–H groups in total. The second-order valence-corrected chi connectivity index (χ2v) is 7.24. The SMILES string of the molecule is COc1ccccc1OC1CCN(C(=O)[C@H]2CC[C@H](N)[C@@H](OC)C2)CC1.Cl. The van der Waals surface area contributed by atoms with Gasteiger partial charge in [0.15, 0.2) is 11.5 Å². The van der Waals surface area contributed by atoms with Crippen molar-refractivity contribution >= 4 is 18.3 Å². The van der Waals surface area contributed by atoms with E-state index in [2.05, 4.69) is 0 Å². The van der Waals surface area contributed by atoms with E-state index in [0.29, 0.717) is 0 Å². The van der Waals surface area contributed by atoms with Crippen molar-refractivity contribution < 1.29 is 19.0 Å². The number of halogens is 1. The summed E-state index contributed by atoms with van der Waals surface area (Å²) in [6, 6.07) is 7.73.